The molecule has 0 radical (unpaired) electrons. The summed E-state index contributed by atoms with van der Waals surface area (Å²) in [5, 5.41) is 31.1. The summed E-state index contributed by atoms with van der Waals surface area (Å²) in [4.78, 5) is 0. The van der Waals surface area contributed by atoms with Gasteiger partial charge in [0, 0.05) is 41.7 Å². The van der Waals surface area contributed by atoms with Crippen molar-refractivity contribution >= 4 is 0 Å². The highest BCUT2D eigenvalue weighted by molar-refractivity contribution is 5.36. The summed E-state index contributed by atoms with van der Waals surface area (Å²) < 4.78 is 120. The normalized spacial score (nSPS) is 22.5. The van der Waals surface area contributed by atoms with Crippen LogP contribution in [0.5, 0.6) is 5.75 Å². The van der Waals surface area contributed by atoms with Crippen LogP contribution in [0.25, 0.3) is 0 Å². The third-order valence-corrected chi connectivity index (χ3v) is 4.04. The Morgan fingerprint density at radius 3 is 2.60 bits per heavy atom. The Hall–Kier alpha value is -1.92. The first-order valence-corrected chi connectivity index (χ1v) is 9.47. The number of aromatic hydroxyl groups is 1. The van der Waals surface area contributed by atoms with Crippen molar-refractivity contribution in [3.8, 4) is 5.75 Å². The zero-order valence-electron chi connectivity index (χ0n) is 30.5. The molecule has 2 aromatic carbocycles. The molecule has 30 heavy (non-hydrogen) atoms. The van der Waals surface area contributed by atoms with E-state index in [1.807, 2.05) is 30.3 Å². The molecule has 4 N–H and O–H groups in total. The first-order chi connectivity index (χ1) is 19.9. The summed E-state index contributed by atoms with van der Waals surface area (Å²) in [7, 11) is 0. The molecule has 2 aromatic rings. The SMILES string of the molecule is [2H]C([2H])(NC([2H])([2H])C([2H])([2H])C([2H])([2H])C([2H])([2H])C([2H])([2H])C([2H])([2H])OCCCCc1ccccc1)C(O)c1ccc(O)c(CO)c1. The van der Waals surface area contributed by atoms with E-state index in [2.05, 4.69) is 0 Å². The Balaban J connectivity index is 2.25. The van der Waals surface area contributed by atoms with Crippen LogP contribution in [0.15, 0.2) is 48.5 Å². The molecule has 0 saturated carbocycles. The standard InChI is InChI=1S/C25H37NO4/c27-20-23-18-22(13-14-24(23)28)25(29)19-26-15-7-1-2-8-16-30-17-9-6-12-21-10-4-3-5-11-21/h3-5,10-11,13-14,18,25-29H,1-2,6-9,12,15-17,19-20H2/i1D2,2D2,7D2,8D2,15D2,16D2,19D2. The third kappa shape index (κ3) is 9.72. The van der Waals surface area contributed by atoms with Crippen LogP contribution in [0.4, 0.5) is 0 Å². The van der Waals surface area contributed by atoms with Gasteiger partial charge < -0.3 is 25.4 Å². The van der Waals surface area contributed by atoms with Gasteiger partial charge in [-0.1, -0.05) is 49.1 Å². The van der Waals surface area contributed by atoms with Gasteiger partial charge in [0.05, 0.1) is 15.5 Å². The molecule has 0 saturated heterocycles. The van der Waals surface area contributed by atoms with Gasteiger partial charge in [0.15, 0.2) is 0 Å². The minimum Gasteiger partial charge on any atom is -0.508 e. The Morgan fingerprint density at radius 1 is 1.00 bits per heavy atom. The molecule has 5 nitrogen and oxygen atoms in total. The van der Waals surface area contributed by atoms with Crippen LogP contribution < -0.4 is 5.32 Å². The highest BCUT2D eigenvalue weighted by Crippen LogP contribution is 2.22. The number of aryl methyl sites for hydroxylation is 1. The molecule has 0 fully saturated rings. The summed E-state index contributed by atoms with van der Waals surface area (Å²) in [6, 6.07) is 12.3. The smallest absolute Gasteiger partial charge is 0.121 e. The van der Waals surface area contributed by atoms with E-state index in [9.17, 15) is 15.3 Å². The molecule has 0 aromatic heterocycles. The van der Waals surface area contributed by atoms with Crippen LogP contribution in [0, 0.1) is 0 Å². The van der Waals surface area contributed by atoms with Crippen LogP contribution >= 0.6 is 0 Å². The van der Waals surface area contributed by atoms with Gasteiger partial charge in [-0.15, -0.1) is 0 Å². The number of ether oxygens (including phenoxy) is 1. The highest BCUT2D eigenvalue weighted by Gasteiger charge is 2.09. The molecule has 1 atom stereocenters. The lowest BCUT2D eigenvalue weighted by Gasteiger charge is -2.14. The monoisotopic (exact) mass is 429 g/mol. The van der Waals surface area contributed by atoms with Crippen molar-refractivity contribution in [1.82, 2.24) is 5.32 Å². The fourth-order valence-electron chi connectivity index (χ4n) is 2.48. The molecular weight excluding hydrogens is 378 g/mol. The van der Waals surface area contributed by atoms with Crippen molar-refractivity contribution in [3.63, 3.8) is 0 Å². The molecule has 1 unspecified atom stereocenters. The van der Waals surface area contributed by atoms with Crippen LogP contribution in [0.1, 0.15) is 80.3 Å². The van der Waals surface area contributed by atoms with Gasteiger partial charge in [-0.05, 0) is 61.8 Å². The van der Waals surface area contributed by atoms with Crippen LogP contribution in [-0.2, 0) is 17.8 Å². The molecule has 0 spiro atoms. The fourth-order valence-corrected chi connectivity index (χ4v) is 2.48. The average molecular weight is 430 g/mol. The van der Waals surface area contributed by atoms with E-state index >= 15 is 0 Å². The Bertz CT molecular complexity index is 1240. The van der Waals surface area contributed by atoms with Crippen LogP contribution in [0.3, 0.4) is 0 Å². The van der Waals surface area contributed by atoms with Gasteiger partial charge in [-0.3, -0.25) is 0 Å². The second-order valence-corrected chi connectivity index (χ2v) is 6.24. The van der Waals surface area contributed by atoms with E-state index in [0.29, 0.717) is 12.8 Å². The average Bonchev–Trinajstić information content (AvgIpc) is 2.92. The second-order valence-electron chi connectivity index (χ2n) is 6.24. The minimum atomic E-state index is -4.19. The van der Waals surface area contributed by atoms with E-state index in [4.69, 9.17) is 23.9 Å². The molecule has 166 valence electrons. The maximum Gasteiger partial charge on any atom is 0.121 e. The van der Waals surface area contributed by atoms with Crippen molar-refractivity contribution in [2.24, 2.45) is 0 Å². The van der Waals surface area contributed by atoms with E-state index in [0.717, 1.165) is 23.8 Å². The number of rotatable bonds is 16. The van der Waals surface area contributed by atoms with Crippen molar-refractivity contribution < 1.29 is 39.2 Å². The number of nitrogens with one attached hydrogen (secondary N) is 1. The van der Waals surface area contributed by atoms with Crippen LogP contribution in [0.2, 0.25) is 0 Å². The predicted octanol–water partition coefficient (Wildman–Crippen LogP) is 4.11. The molecular formula is C25H37NO4. The number of hydrogen-bond donors (Lipinski definition) is 4. The Morgan fingerprint density at radius 2 is 1.80 bits per heavy atom. The molecule has 2 rings (SSSR count). The third-order valence-electron chi connectivity index (χ3n) is 4.04. The number of benzene rings is 2. The molecule has 0 heterocycles. The largest absolute Gasteiger partial charge is 0.508 e. The van der Waals surface area contributed by atoms with E-state index < -0.39 is 57.8 Å². The molecule has 0 aliphatic rings. The van der Waals surface area contributed by atoms with Gasteiger partial charge in [-0.25, -0.2) is 0 Å². The van der Waals surface area contributed by atoms with E-state index in [1.54, 1.807) is 0 Å². The number of unbranched alkanes of at least 4 members (excludes halogenated alkanes) is 1. The first kappa shape index (κ1) is 11.1. The van der Waals surface area contributed by atoms with Crippen molar-refractivity contribution in [3.05, 3.63) is 65.2 Å². The van der Waals surface area contributed by atoms with Crippen LogP contribution in [-0.4, -0.2) is 41.5 Å². The van der Waals surface area contributed by atoms with Gasteiger partial charge in [0.2, 0.25) is 0 Å². The lowest BCUT2D eigenvalue weighted by Crippen LogP contribution is -2.22. The predicted molar refractivity (Wildman–Crippen MR) is 121 cm³/mol. The molecule has 5 heteroatoms. The Kier molecular flexibility index (Phi) is 5.54. The fraction of sp³-hybridized carbons (Fsp3) is 0.520. The maximum atomic E-state index is 10.6. The Labute approximate surface area is 200 Å². The first-order valence-electron chi connectivity index (χ1n) is 16.5. The van der Waals surface area contributed by atoms with Gasteiger partial charge in [0.25, 0.3) is 0 Å². The highest BCUT2D eigenvalue weighted by atomic mass is 16.5. The topological polar surface area (TPSA) is 82.0 Å². The zero-order valence-corrected chi connectivity index (χ0v) is 16.5. The van der Waals surface area contributed by atoms with Crippen molar-refractivity contribution in [1.29, 1.82) is 0 Å². The molecule has 0 amide bonds. The summed E-state index contributed by atoms with van der Waals surface area (Å²) in [5.74, 6) is -0.385. The van der Waals surface area contributed by atoms with Gasteiger partial charge in [-0.2, -0.15) is 0 Å². The van der Waals surface area contributed by atoms with E-state index in [-0.39, 0.29) is 29.9 Å². The summed E-state index contributed by atoms with van der Waals surface area (Å²) >= 11 is 0. The number of hydrogen-bond acceptors (Lipinski definition) is 5. The summed E-state index contributed by atoms with van der Waals surface area (Å²) in [6.45, 7) is -11.7. The lowest BCUT2D eigenvalue weighted by atomic mass is 10.1. The van der Waals surface area contributed by atoms with Gasteiger partial charge >= 0.3 is 0 Å². The number of aliphatic hydroxyl groups excluding tert-OH is 2. The molecule has 0 bridgehead atoms. The summed E-state index contributed by atoms with van der Waals surface area (Å²) in [5.41, 5.74) is 0.593. The second kappa shape index (κ2) is 15.0. The van der Waals surface area contributed by atoms with E-state index in [1.165, 1.54) is 5.32 Å². The molecule has 0 aliphatic heterocycles. The lowest BCUT2D eigenvalue weighted by molar-refractivity contribution is 0.126. The number of aliphatic hydroxyl groups is 2. The maximum absolute atomic E-state index is 10.6. The van der Waals surface area contributed by atoms with Gasteiger partial charge in [0.1, 0.15) is 5.75 Å². The van der Waals surface area contributed by atoms with Crippen molar-refractivity contribution in [2.45, 2.75) is 57.5 Å². The zero-order chi connectivity index (χ0) is 34.0. The quantitative estimate of drug-likeness (QED) is 0.302. The van der Waals surface area contributed by atoms with Crippen molar-refractivity contribution in [2.75, 3.05) is 26.2 Å². The number of phenols is 1. The molecule has 0 aliphatic carbocycles. The summed E-state index contributed by atoms with van der Waals surface area (Å²) in [6.07, 6.45) is -17.3. The minimum absolute atomic E-state index is 0.116.